The summed E-state index contributed by atoms with van der Waals surface area (Å²) in [5, 5.41) is -0.133. The zero-order chi connectivity index (χ0) is 17.3. The van der Waals surface area contributed by atoms with Crippen molar-refractivity contribution in [2.75, 3.05) is 5.43 Å². The molecule has 2 N–H and O–H groups in total. The molecule has 0 spiro atoms. The monoisotopic (exact) mass is 385 g/mol. The second kappa shape index (κ2) is 6.52. The molecule has 0 aliphatic carbocycles. The number of hydrogen-bond acceptors (Lipinski definition) is 4. The Kier molecular flexibility index (Phi) is 5.04. The van der Waals surface area contributed by atoms with E-state index in [1.54, 1.807) is 0 Å². The van der Waals surface area contributed by atoms with Gasteiger partial charge in [0.15, 0.2) is 0 Å². The fraction of sp³-hybridized carbons (Fsp3) is 0.0833. The van der Waals surface area contributed by atoms with E-state index in [4.69, 9.17) is 23.2 Å². The number of sulfonamides is 1. The lowest BCUT2D eigenvalue weighted by atomic mass is 10.3. The second-order valence-corrected chi connectivity index (χ2v) is 6.65. The number of benzene rings is 1. The van der Waals surface area contributed by atoms with E-state index in [-0.39, 0.29) is 20.8 Å². The number of halogens is 5. The van der Waals surface area contributed by atoms with Crippen LogP contribution in [0.15, 0.2) is 41.4 Å². The zero-order valence-electron chi connectivity index (χ0n) is 11.0. The van der Waals surface area contributed by atoms with Gasteiger partial charge in [-0.15, -0.1) is 4.83 Å². The Morgan fingerprint density at radius 1 is 1.09 bits per heavy atom. The minimum Gasteiger partial charge on any atom is -0.292 e. The van der Waals surface area contributed by atoms with Crippen molar-refractivity contribution in [1.82, 2.24) is 9.82 Å². The molecule has 2 rings (SSSR count). The molecule has 0 saturated carbocycles. The SMILES string of the molecule is O=S(=O)(NNc1ccc(C(F)(F)F)cn1)c1cccc(Cl)c1Cl. The average Bonchev–Trinajstić information content (AvgIpc) is 2.47. The summed E-state index contributed by atoms with van der Waals surface area (Å²) in [6.07, 6.45) is -3.96. The number of hydrogen-bond donors (Lipinski definition) is 2. The van der Waals surface area contributed by atoms with Crippen LogP contribution in [0, 0.1) is 0 Å². The molecule has 23 heavy (non-hydrogen) atoms. The summed E-state index contributed by atoms with van der Waals surface area (Å²) in [7, 11) is -4.09. The largest absolute Gasteiger partial charge is 0.417 e. The van der Waals surface area contributed by atoms with Crippen LogP contribution in [0.1, 0.15) is 5.56 Å². The van der Waals surface area contributed by atoms with Gasteiger partial charge in [0.1, 0.15) is 10.7 Å². The van der Waals surface area contributed by atoms with Crippen molar-refractivity contribution in [2.24, 2.45) is 0 Å². The van der Waals surface area contributed by atoms with E-state index < -0.39 is 21.8 Å². The summed E-state index contributed by atoms with van der Waals surface area (Å²) < 4.78 is 61.4. The van der Waals surface area contributed by atoms with Crippen molar-refractivity contribution in [3.63, 3.8) is 0 Å². The highest BCUT2D eigenvalue weighted by Gasteiger charge is 2.30. The molecule has 0 radical (unpaired) electrons. The topological polar surface area (TPSA) is 71.1 Å². The number of nitrogens with one attached hydrogen (secondary N) is 2. The van der Waals surface area contributed by atoms with Gasteiger partial charge in [0.25, 0.3) is 10.0 Å². The Hall–Kier alpha value is -1.55. The third kappa shape index (κ3) is 4.25. The second-order valence-electron chi connectivity index (χ2n) is 4.21. The molecule has 0 saturated heterocycles. The highest BCUT2D eigenvalue weighted by molar-refractivity contribution is 7.89. The van der Waals surface area contributed by atoms with Crippen molar-refractivity contribution in [3.05, 3.63) is 52.1 Å². The third-order valence-corrected chi connectivity index (χ3v) is 4.83. The minimum absolute atomic E-state index is 0.0437. The fourth-order valence-electron chi connectivity index (χ4n) is 1.50. The van der Waals surface area contributed by atoms with Gasteiger partial charge >= 0.3 is 6.18 Å². The van der Waals surface area contributed by atoms with Crippen LogP contribution in [0.2, 0.25) is 10.0 Å². The molecule has 124 valence electrons. The van der Waals surface area contributed by atoms with Crippen LogP contribution in [0.3, 0.4) is 0 Å². The van der Waals surface area contributed by atoms with E-state index in [1.165, 1.54) is 18.2 Å². The predicted octanol–water partition coefficient (Wildman–Crippen LogP) is 3.71. The number of nitrogens with zero attached hydrogens (tertiary/aromatic N) is 1. The van der Waals surface area contributed by atoms with Gasteiger partial charge in [-0.25, -0.2) is 13.4 Å². The Morgan fingerprint density at radius 2 is 1.78 bits per heavy atom. The Labute approximate surface area is 139 Å². The van der Waals surface area contributed by atoms with E-state index in [9.17, 15) is 21.6 Å². The van der Waals surface area contributed by atoms with Crippen LogP contribution >= 0.6 is 23.2 Å². The first-order chi connectivity index (χ1) is 10.6. The fourth-order valence-corrected chi connectivity index (χ4v) is 3.12. The van der Waals surface area contributed by atoms with Gasteiger partial charge in [-0.05, 0) is 24.3 Å². The van der Waals surface area contributed by atoms with Crippen molar-refractivity contribution in [1.29, 1.82) is 0 Å². The predicted molar refractivity (Wildman–Crippen MR) is 79.6 cm³/mol. The first-order valence-corrected chi connectivity index (χ1v) is 8.10. The Balaban J connectivity index is 2.15. The van der Waals surface area contributed by atoms with Crippen LogP contribution in [0.5, 0.6) is 0 Å². The molecular formula is C12H8Cl2F3N3O2S. The molecule has 0 aliphatic heterocycles. The van der Waals surface area contributed by atoms with Gasteiger partial charge in [-0.1, -0.05) is 29.3 Å². The van der Waals surface area contributed by atoms with Crippen molar-refractivity contribution < 1.29 is 21.6 Å². The number of hydrazine groups is 1. The van der Waals surface area contributed by atoms with Crippen LogP contribution in [-0.4, -0.2) is 13.4 Å². The van der Waals surface area contributed by atoms with Gasteiger partial charge in [0.2, 0.25) is 0 Å². The average molecular weight is 386 g/mol. The van der Waals surface area contributed by atoms with Crippen molar-refractivity contribution >= 4 is 39.0 Å². The molecule has 1 heterocycles. The number of alkyl halides is 3. The maximum absolute atomic E-state index is 12.4. The standard InChI is InChI=1S/C12H8Cl2F3N3O2S/c13-8-2-1-3-9(11(8)14)23(21,22)20-19-10-5-4-7(6-18-10)12(15,16)17/h1-6,20H,(H,18,19). The number of aromatic nitrogens is 1. The number of pyridine rings is 1. The molecule has 0 unspecified atom stereocenters. The van der Waals surface area contributed by atoms with Gasteiger partial charge in [-0.3, -0.25) is 5.43 Å². The summed E-state index contributed by atoms with van der Waals surface area (Å²) in [5.74, 6) is -0.125. The van der Waals surface area contributed by atoms with Gasteiger partial charge in [-0.2, -0.15) is 13.2 Å². The van der Waals surface area contributed by atoms with Gasteiger partial charge < -0.3 is 0 Å². The molecular weight excluding hydrogens is 378 g/mol. The maximum atomic E-state index is 12.4. The normalized spacial score (nSPS) is 12.2. The lowest BCUT2D eigenvalue weighted by molar-refractivity contribution is -0.137. The quantitative estimate of drug-likeness (QED) is 0.786. The van der Waals surface area contributed by atoms with Crippen LogP contribution in [0.4, 0.5) is 19.0 Å². The molecule has 0 fully saturated rings. The summed E-state index contributed by atoms with van der Waals surface area (Å²) in [5.41, 5.74) is 1.24. The lowest BCUT2D eigenvalue weighted by Crippen LogP contribution is -2.30. The third-order valence-electron chi connectivity index (χ3n) is 2.61. The molecule has 0 aliphatic rings. The molecule has 0 amide bonds. The Morgan fingerprint density at radius 3 is 2.35 bits per heavy atom. The summed E-state index contributed by atoms with van der Waals surface area (Å²) >= 11 is 11.5. The molecule has 2 aromatic rings. The first kappa shape index (κ1) is 17.8. The van der Waals surface area contributed by atoms with Crippen LogP contribution in [-0.2, 0) is 16.2 Å². The van der Waals surface area contributed by atoms with Gasteiger partial charge in [0.05, 0.1) is 15.6 Å². The lowest BCUT2D eigenvalue weighted by Gasteiger charge is -2.11. The van der Waals surface area contributed by atoms with E-state index in [0.29, 0.717) is 6.20 Å². The van der Waals surface area contributed by atoms with Crippen LogP contribution < -0.4 is 10.3 Å². The Bertz CT molecular complexity index is 811. The van der Waals surface area contributed by atoms with E-state index in [2.05, 4.69) is 10.4 Å². The van der Waals surface area contributed by atoms with Crippen LogP contribution in [0.25, 0.3) is 0 Å². The number of anilines is 1. The van der Waals surface area contributed by atoms with E-state index in [1.807, 2.05) is 4.83 Å². The maximum Gasteiger partial charge on any atom is 0.417 e. The highest BCUT2D eigenvalue weighted by Crippen LogP contribution is 2.30. The molecule has 1 aromatic carbocycles. The van der Waals surface area contributed by atoms with E-state index >= 15 is 0 Å². The molecule has 5 nitrogen and oxygen atoms in total. The van der Waals surface area contributed by atoms with Crippen molar-refractivity contribution in [2.45, 2.75) is 11.1 Å². The zero-order valence-corrected chi connectivity index (χ0v) is 13.4. The first-order valence-electron chi connectivity index (χ1n) is 5.86. The molecule has 0 bridgehead atoms. The molecule has 1 aromatic heterocycles. The number of rotatable bonds is 4. The highest BCUT2D eigenvalue weighted by atomic mass is 35.5. The summed E-state index contributed by atoms with van der Waals surface area (Å²) in [6.45, 7) is 0. The smallest absolute Gasteiger partial charge is 0.292 e. The van der Waals surface area contributed by atoms with Crippen molar-refractivity contribution in [3.8, 4) is 0 Å². The summed E-state index contributed by atoms with van der Waals surface area (Å²) in [4.78, 5) is 5.13. The summed E-state index contributed by atoms with van der Waals surface area (Å²) in [6, 6.07) is 5.76. The minimum atomic E-state index is -4.53. The van der Waals surface area contributed by atoms with Gasteiger partial charge in [0, 0.05) is 6.20 Å². The van der Waals surface area contributed by atoms with E-state index in [0.717, 1.165) is 12.1 Å². The molecule has 0 atom stereocenters. The molecule has 11 heteroatoms.